The van der Waals surface area contributed by atoms with Crippen molar-refractivity contribution in [2.75, 3.05) is 19.8 Å². The van der Waals surface area contributed by atoms with Gasteiger partial charge in [0, 0.05) is 23.9 Å². The van der Waals surface area contributed by atoms with Crippen molar-refractivity contribution < 1.29 is 14.0 Å². The van der Waals surface area contributed by atoms with Crippen LogP contribution in [0.15, 0.2) is 16.7 Å². The lowest BCUT2D eigenvalue weighted by atomic mass is 9.71. The first-order valence-electron chi connectivity index (χ1n) is 10.6. The fourth-order valence-corrected chi connectivity index (χ4v) is 5.13. The number of ether oxygens (including phenoxy) is 2. The van der Waals surface area contributed by atoms with E-state index in [2.05, 4.69) is 47.9 Å². The summed E-state index contributed by atoms with van der Waals surface area (Å²) in [6, 6.07) is 4.76. The highest BCUT2D eigenvalue weighted by molar-refractivity contribution is 5.53. The largest absolute Gasteiger partial charge is 0.486 e. The summed E-state index contributed by atoms with van der Waals surface area (Å²) < 4.78 is 17.4. The summed E-state index contributed by atoms with van der Waals surface area (Å²) in [4.78, 5) is 7.12. The molecule has 1 aliphatic carbocycles. The standard InChI is InChI=1S/C22H29N3O3/c1-14(2)21-23-20(28-24-21)12-25-13-22(6-4-5-7-22)17-11-19-18(26-8-9-27-19)10-16(17)15(25)3/h10-11,14-15H,4-9,12-13H2,1-3H3/t15-/m0/s1. The van der Waals surface area contributed by atoms with Crippen molar-refractivity contribution in [3.8, 4) is 11.5 Å². The molecule has 6 nitrogen and oxygen atoms in total. The molecule has 0 bridgehead atoms. The minimum Gasteiger partial charge on any atom is -0.486 e. The van der Waals surface area contributed by atoms with Gasteiger partial charge in [-0.3, -0.25) is 4.90 Å². The third kappa shape index (κ3) is 2.89. The topological polar surface area (TPSA) is 60.6 Å². The average Bonchev–Trinajstić information content (AvgIpc) is 3.35. The van der Waals surface area contributed by atoms with Crippen LogP contribution in [-0.2, 0) is 12.0 Å². The van der Waals surface area contributed by atoms with Crippen molar-refractivity contribution >= 4 is 0 Å². The van der Waals surface area contributed by atoms with E-state index >= 15 is 0 Å². The van der Waals surface area contributed by atoms with E-state index in [0.29, 0.717) is 25.6 Å². The smallest absolute Gasteiger partial charge is 0.240 e. The van der Waals surface area contributed by atoms with E-state index in [-0.39, 0.29) is 17.4 Å². The molecule has 5 rings (SSSR count). The van der Waals surface area contributed by atoms with E-state index in [0.717, 1.165) is 23.9 Å². The molecule has 1 atom stereocenters. The molecule has 0 amide bonds. The summed E-state index contributed by atoms with van der Waals surface area (Å²) >= 11 is 0. The number of benzene rings is 1. The highest BCUT2D eigenvalue weighted by Gasteiger charge is 2.45. The summed E-state index contributed by atoms with van der Waals surface area (Å²) in [6.45, 7) is 9.43. The van der Waals surface area contributed by atoms with Gasteiger partial charge in [-0.25, -0.2) is 0 Å². The fourth-order valence-electron chi connectivity index (χ4n) is 5.13. The summed E-state index contributed by atoms with van der Waals surface area (Å²) in [5.74, 6) is 3.57. The number of aromatic nitrogens is 2. The first-order chi connectivity index (χ1) is 13.6. The van der Waals surface area contributed by atoms with Crippen LogP contribution >= 0.6 is 0 Å². The zero-order valence-corrected chi connectivity index (χ0v) is 17.0. The lowest BCUT2D eigenvalue weighted by Crippen LogP contribution is -2.45. The Kier molecular flexibility index (Phi) is 4.34. The maximum absolute atomic E-state index is 5.90. The molecule has 1 saturated carbocycles. The predicted octanol–water partition coefficient (Wildman–Crippen LogP) is 4.35. The Morgan fingerprint density at radius 3 is 2.54 bits per heavy atom. The molecule has 0 radical (unpaired) electrons. The molecule has 6 heteroatoms. The zero-order valence-electron chi connectivity index (χ0n) is 17.0. The second kappa shape index (κ2) is 6.76. The van der Waals surface area contributed by atoms with Crippen LogP contribution < -0.4 is 9.47 Å². The Hall–Kier alpha value is -2.08. The Morgan fingerprint density at radius 1 is 1.14 bits per heavy atom. The van der Waals surface area contributed by atoms with Crippen LogP contribution in [0.25, 0.3) is 0 Å². The molecule has 150 valence electrons. The van der Waals surface area contributed by atoms with Crippen LogP contribution in [0.1, 0.15) is 81.3 Å². The van der Waals surface area contributed by atoms with Crippen molar-refractivity contribution in [2.24, 2.45) is 0 Å². The van der Waals surface area contributed by atoms with Crippen LogP contribution in [0.4, 0.5) is 0 Å². The minimum atomic E-state index is 0.193. The Balaban J connectivity index is 1.51. The Morgan fingerprint density at radius 2 is 1.86 bits per heavy atom. The molecule has 1 aromatic heterocycles. The van der Waals surface area contributed by atoms with Gasteiger partial charge in [-0.05, 0) is 43.0 Å². The van der Waals surface area contributed by atoms with Crippen LogP contribution in [0, 0.1) is 0 Å². The fraction of sp³-hybridized carbons (Fsp3) is 0.636. The first-order valence-corrected chi connectivity index (χ1v) is 10.6. The van der Waals surface area contributed by atoms with Crippen molar-refractivity contribution in [2.45, 2.75) is 70.4 Å². The maximum atomic E-state index is 5.90. The summed E-state index contributed by atoms with van der Waals surface area (Å²) in [7, 11) is 0. The number of fused-ring (bicyclic) bond motifs is 3. The van der Waals surface area contributed by atoms with Gasteiger partial charge in [0.15, 0.2) is 17.3 Å². The van der Waals surface area contributed by atoms with Crippen molar-refractivity contribution in [3.63, 3.8) is 0 Å². The molecule has 2 aromatic rings. The Bertz CT molecular complexity index is 870. The van der Waals surface area contributed by atoms with Gasteiger partial charge in [0.2, 0.25) is 5.89 Å². The van der Waals surface area contributed by atoms with Gasteiger partial charge in [0.05, 0.1) is 6.54 Å². The molecule has 0 unspecified atom stereocenters. The molecular formula is C22H29N3O3. The van der Waals surface area contributed by atoms with E-state index in [1.54, 1.807) is 0 Å². The van der Waals surface area contributed by atoms with Gasteiger partial charge in [-0.15, -0.1) is 0 Å². The van der Waals surface area contributed by atoms with E-state index < -0.39 is 0 Å². The zero-order chi connectivity index (χ0) is 19.3. The van der Waals surface area contributed by atoms with Crippen LogP contribution in [0.5, 0.6) is 11.5 Å². The van der Waals surface area contributed by atoms with Gasteiger partial charge in [0.1, 0.15) is 13.2 Å². The molecule has 28 heavy (non-hydrogen) atoms. The van der Waals surface area contributed by atoms with E-state index in [9.17, 15) is 0 Å². The first kappa shape index (κ1) is 18.0. The van der Waals surface area contributed by atoms with Crippen LogP contribution in [0.3, 0.4) is 0 Å². The highest BCUT2D eigenvalue weighted by Crippen LogP contribution is 2.52. The second-order valence-electron chi connectivity index (χ2n) is 8.85. The van der Waals surface area contributed by atoms with Crippen LogP contribution in [-0.4, -0.2) is 34.8 Å². The molecular weight excluding hydrogens is 354 g/mol. The maximum Gasteiger partial charge on any atom is 0.240 e. The molecule has 1 fully saturated rings. The molecule has 3 heterocycles. The quantitative estimate of drug-likeness (QED) is 0.785. The predicted molar refractivity (Wildman–Crippen MR) is 105 cm³/mol. The normalized spacial score (nSPS) is 23.4. The molecule has 0 saturated heterocycles. The Labute approximate surface area is 166 Å². The molecule has 0 N–H and O–H groups in total. The lowest BCUT2D eigenvalue weighted by Gasteiger charge is -2.46. The highest BCUT2D eigenvalue weighted by atomic mass is 16.6. The van der Waals surface area contributed by atoms with E-state index in [1.165, 1.54) is 36.8 Å². The van der Waals surface area contributed by atoms with Crippen molar-refractivity contribution in [3.05, 3.63) is 35.0 Å². The number of hydrogen-bond donors (Lipinski definition) is 0. The molecule has 1 aromatic carbocycles. The molecule has 2 aliphatic heterocycles. The van der Waals surface area contributed by atoms with Gasteiger partial charge < -0.3 is 14.0 Å². The number of hydrogen-bond acceptors (Lipinski definition) is 6. The van der Waals surface area contributed by atoms with Gasteiger partial charge in [-0.1, -0.05) is 31.8 Å². The van der Waals surface area contributed by atoms with Gasteiger partial charge in [-0.2, -0.15) is 4.98 Å². The molecule has 3 aliphatic rings. The third-order valence-corrected chi connectivity index (χ3v) is 6.69. The van der Waals surface area contributed by atoms with E-state index in [4.69, 9.17) is 14.0 Å². The summed E-state index contributed by atoms with van der Waals surface area (Å²) in [6.07, 6.45) is 5.02. The second-order valence-corrected chi connectivity index (χ2v) is 8.85. The summed E-state index contributed by atoms with van der Waals surface area (Å²) in [5.41, 5.74) is 3.02. The SMILES string of the molecule is CC(C)c1noc(CN2CC3(CCCC3)c3cc4c(cc3[C@@H]2C)OCCO4)n1. The lowest BCUT2D eigenvalue weighted by molar-refractivity contribution is 0.111. The van der Waals surface area contributed by atoms with Crippen molar-refractivity contribution in [1.82, 2.24) is 15.0 Å². The van der Waals surface area contributed by atoms with Crippen molar-refractivity contribution in [1.29, 1.82) is 0 Å². The van der Waals surface area contributed by atoms with E-state index in [1.807, 2.05) is 0 Å². The van der Waals surface area contributed by atoms with Gasteiger partial charge in [0.25, 0.3) is 0 Å². The average molecular weight is 383 g/mol. The number of nitrogens with zero attached hydrogens (tertiary/aromatic N) is 3. The number of rotatable bonds is 3. The minimum absolute atomic E-state index is 0.193. The molecule has 1 spiro atoms. The van der Waals surface area contributed by atoms with Gasteiger partial charge >= 0.3 is 0 Å². The third-order valence-electron chi connectivity index (χ3n) is 6.69. The monoisotopic (exact) mass is 383 g/mol. The van der Waals surface area contributed by atoms with Crippen LogP contribution in [0.2, 0.25) is 0 Å². The summed E-state index contributed by atoms with van der Waals surface area (Å²) in [5, 5.41) is 4.15.